The number of hydrogen-bond donors (Lipinski definition) is 1. The molecular formula is C29H34BrN3O4S. The Hall–Kier alpha value is -3.17. The molecule has 0 aromatic heterocycles. The standard InChI is InChI=1S/C29H34BrN3O4S/c1-5-22(3)31-29(35)23(4)32(19-24-13-10-9-12-21(24)2)28(34)20-33(26-15-11-14-25(30)18-26)38(36,37)27-16-7-6-8-17-27/h6-18,22-23H,5,19-20H2,1-4H3,(H,31,35)/t22-,23+/m0/s1. The van der Waals surface area contributed by atoms with Crippen LogP contribution >= 0.6 is 15.9 Å². The Morgan fingerprint density at radius 1 is 0.947 bits per heavy atom. The van der Waals surface area contributed by atoms with Crippen LogP contribution in [0.2, 0.25) is 0 Å². The van der Waals surface area contributed by atoms with Crippen LogP contribution in [0, 0.1) is 6.92 Å². The number of hydrogen-bond acceptors (Lipinski definition) is 4. The first-order valence-corrected chi connectivity index (χ1v) is 14.8. The molecule has 2 amide bonds. The Morgan fingerprint density at radius 2 is 1.61 bits per heavy atom. The average Bonchev–Trinajstić information content (AvgIpc) is 2.91. The number of carbonyl (C=O) groups excluding carboxylic acids is 2. The lowest BCUT2D eigenvalue weighted by molar-refractivity contribution is -0.139. The molecule has 202 valence electrons. The van der Waals surface area contributed by atoms with Gasteiger partial charge in [-0.2, -0.15) is 0 Å². The van der Waals surface area contributed by atoms with Crippen molar-refractivity contribution in [2.45, 2.75) is 57.6 Å². The summed E-state index contributed by atoms with van der Waals surface area (Å²) in [6.07, 6.45) is 0.746. The molecule has 38 heavy (non-hydrogen) atoms. The number of nitrogens with zero attached hydrogens (tertiary/aromatic N) is 2. The number of carbonyl (C=O) groups is 2. The van der Waals surface area contributed by atoms with Gasteiger partial charge in [0.1, 0.15) is 12.6 Å². The van der Waals surface area contributed by atoms with Crippen molar-refractivity contribution in [2.75, 3.05) is 10.8 Å². The van der Waals surface area contributed by atoms with Crippen molar-refractivity contribution in [3.63, 3.8) is 0 Å². The lowest BCUT2D eigenvalue weighted by Crippen LogP contribution is -2.52. The van der Waals surface area contributed by atoms with Crippen molar-refractivity contribution in [2.24, 2.45) is 0 Å². The highest BCUT2D eigenvalue weighted by molar-refractivity contribution is 9.10. The molecule has 3 aromatic rings. The normalized spacial score (nSPS) is 12.9. The third kappa shape index (κ3) is 7.23. The van der Waals surface area contributed by atoms with Crippen molar-refractivity contribution < 1.29 is 18.0 Å². The van der Waals surface area contributed by atoms with E-state index in [0.29, 0.717) is 10.2 Å². The average molecular weight is 601 g/mol. The third-order valence-electron chi connectivity index (χ3n) is 6.48. The van der Waals surface area contributed by atoms with E-state index in [-0.39, 0.29) is 23.4 Å². The fourth-order valence-electron chi connectivity index (χ4n) is 3.90. The molecular weight excluding hydrogens is 566 g/mol. The fourth-order valence-corrected chi connectivity index (χ4v) is 5.71. The Labute approximate surface area is 234 Å². The zero-order chi connectivity index (χ0) is 27.9. The van der Waals surface area contributed by atoms with Gasteiger partial charge < -0.3 is 10.2 Å². The number of nitrogens with one attached hydrogen (secondary N) is 1. The SMILES string of the molecule is CC[C@H](C)NC(=O)[C@@H](C)N(Cc1ccccc1C)C(=O)CN(c1cccc(Br)c1)S(=O)(=O)c1ccccc1. The zero-order valence-electron chi connectivity index (χ0n) is 22.1. The zero-order valence-corrected chi connectivity index (χ0v) is 24.5. The minimum absolute atomic E-state index is 0.0583. The number of benzene rings is 3. The van der Waals surface area contributed by atoms with Crippen molar-refractivity contribution in [3.8, 4) is 0 Å². The molecule has 0 aliphatic rings. The van der Waals surface area contributed by atoms with Gasteiger partial charge in [0, 0.05) is 17.1 Å². The summed E-state index contributed by atoms with van der Waals surface area (Å²) >= 11 is 3.40. The molecule has 1 N–H and O–H groups in total. The maximum Gasteiger partial charge on any atom is 0.264 e. The molecule has 0 bridgehead atoms. The lowest BCUT2D eigenvalue weighted by Gasteiger charge is -2.32. The highest BCUT2D eigenvalue weighted by Gasteiger charge is 2.33. The minimum Gasteiger partial charge on any atom is -0.352 e. The van der Waals surface area contributed by atoms with Crippen LogP contribution in [-0.4, -0.2) is 43.8 Å². The van der Waals surface area contributed by atoms with Gasteiger partial charge in [0.2, 0.25) is 11.8 Å². The van der Waals surface area contributed by atoms with E-state index in [1.54, 1.807) is 49.4 Å². The van der Waals surface area contributed by atoms with Crippen LogP contribution in [0.5, 0.6) is 0 Å². The molecule has 0 saturated carbocycles. The van der Waals surface area contributed by atoms with Crippen LogP contribution in [0.4, 0.5) is 5.69 Å². The van der Waals surface area contributed by atoms with Gasteiger partial charge in [-0.25, -0.2) is 8.42 Å². The highest BCUT2D eigenvalue weighted by Crippen LogP contribution is 2.27. The van der Waals surface area contributed by atoms with Gasteiger partial charge in [-0.05, 0) is 68.7 Å². The minimum atomic E-state index is -4.08. The van der Waals surface area contributed by atoms with Crippen molar-refractivity contribution in [3.05, 3.63) is 94.5 Å². The van der Waals surface area contributed by atoms with Gasteiger partial charge in [-0.15, -0.1) is 0 Å². The third-order valence-corrected chi connectivity index (χ3v) is 8.76. The first-order chi connectivity index (χ1) is 18.0. The summed E-state index contributed by atoms with van der Waals surface area (Å²) in [5, 5.41) is 2.94. The first kappa shape index (κ1) is 29.4. The molecule has 0 saturated heterocycles. The van der Waals surface area contributed by atoms with Crippen LogP contribution in [0.3, 0.4) is 0 Å². The molecule has 3 rings (SSSR count). The van der Waals surface area contributed by atoms with Crippen LogP contribution in [0.15, 0.2) is 88.2 Å². The van der Waals surface area contributed by atoms with E-state index in [4.69, 9.17) is 0 Å². The second-order valence-corrected chi connectivity index (χ2v) is 12.0. The van der Waals surface area contributed by atoms with Gasteiger partial charge in [-0.1, -0.05) is 71.4 Å². The van der Waals surface area contributed by atoms with Crippen molar-refractivity contribution >= 4 is 43.5 Å². The van der Waals surface area contributed by atoms with Crippen molar-refractivity contribution in [1.82, 2.24) is 10.2 Å². The number of rotatable bonds is 11. The first-order valence-electron chi connectivity index (χ1n) is 12.5. The lowest BCUT2D eigenvalue weighted by atomic mass is 10.1. The topological polar surface area (TPSA) is 86.8 Å². The van der Waals surface area contributed by atoms with Gasteiger partial charge >= 0.3 is 0 Å². The van der Waals surface area contributed by atoms with E-state index in [2.05, 4.69) is 21.2 Å². The Bertz CT molecular complexity index is 1370. The van der Waals surface area contributed by atoms with Gasteiger partial charge in [0.05, 0.1) is 10.6 Å². The predicted octanol–water partition coefficient (Wildman–Crippen LogP) is 5.28. The monoisotopic (exact) mass is 599 g/mol. The van der Waals surface area contributed by atoms with Gasteiger partial charge in [0.15, 0.2) is 0 Å². The molecule has 3 aromatic carbocycles. The van der Waals surface area contributed by atoms with Crippen LogP contribution in [0.1, 0.15) is 38.3 Å². The molecule has 0 aliphatic heterocycles. The van der Waals surface area contributed by atoms with E-state index < -0.39 is 28.5 Å². The number of aryl methyl sites for hydroxylation is 1. The van der Waals surface area contributed by atoms with E-state index in [9.17, 15) is 18.0 Å². The molecule has 0 fully saturated rings. The molecule has 9 heteroatoms. The Balaban J connectivity index is 2.03. The number of anilines is 1. The Kier molecular flexibility index (Phi) is 10.1. The summed E-state index contributed by atoms with van der Waals surface area (Å²) in [5.41, 5.74) is 2.19. The summed E-state index contributed by atoms with van der Waals surface area (Å²) in [5.74, 6) is -0.777. The number of halogens is 1. The summed E-state index contributed by atoms with van der Waals surface area (Å²) in [6, 6.07) is 21.5. The molecule has 2 atom stereocenters. The summed E-state index contributed by atoms with van der Waals surface area (Å²) in [4.78, 5) is 28.6. The largest absolute Gasteiger partial charge is 0.352 e. The van der Waals surface area contributed by atoms with Gasteiger partial charge in [-0.3, -0.25) is 13.9 Å². The van der Waals surface area contributed by atoms with E-state index in [1.807, 2.05) is 45.0 Å². The predicted molar refractivity (Wildman–Crippen MR) is 154 cm³/mol. The van der Waals surface area contributed by atoms with Crippen LogP contribution in [-0.2, 0) is 26.2 Å². The van der Waals surface area contributed by atoms with E-state index in [1.165, 1.54) is 17.0 Å². The maximum atomic E-state index is 13.9. The molecule has 7 nitrogen and oxygen atoms in total. The van der Waals surface area contributed by atoms with Crippen LogP contribution < -0.4 is 9.62 Å². The second kappa shape index (κ2) is 13.1. The Morgan fingerprint density at radius 3 is 2.24 bits per heavy atom. The van der Waals surface area contributed by atoms with E-state index in [0.717, 1.165) is 21.9 Å². The quantitative estimate of drug-likeness (QED) is 0.324. The smallest absolute Gasteiger partial charge is 0.264 e. The molecule has 0 heterocycles. The van der Waals surface area contributed by atoms with Crippen LogP contribution in [0.25, 0.3) is 0 Å². The second-order valence-electron chi connectivity index (χ2n) is 9.25. The molecule has 0 spiro atoms. The van der Waals surface area contributed by atoms with E-state index >= 15 is 0 Å². The summed E-state index contributed by atoms with van der Waals surface area (Å²) < 4.78 is 29.3. The maximum absolute atomic E-state index is 13.9. The molecule has 0 aliphatic carbocycles. The summed E-state index contributed by atoms with van der Waals surface area (Å²) in [6.45, 7) is 7.17. The highest BCUT2D eigenvalue weighted by atomic mass is 79.9. The molecule has 0 radical (unpaired) electrons. The van der Waals surface area contributed by atoms with Gasteiger partial charge in [0.25, 0.3) is 10.0 Å². The fraction of sp³-hybridized carbons (Fsp3) is 0.310. The number of amides is 2. The summed E-state index contributed by atoms with van der Waals surface area (Å²) in [7, 11) is -4.08. The van der Waals surface area contributed by atoms with Crippen molar-refractivity contribution in [1.29, 1.82) is 0 Å². The number of sulfonamides is 1. The molecule has 0 unspecified atom stereocenters.